The van der Waals surface area contributed by atoms with Gasteiger partial charge in [0, 0.05) is 18.9 Å². The highest BCUT2D eigenvalue weighted by molar-refractivity contribution is 5.49. The third kappa shape index (κ3) is 2.94. The summed E-state index contributed by atoms with van der Waals surface area (Å²) in [5, 5.41) is 0. The molecule has 2 heterocycles. The van der Waals surface area contributed by atoms with Crippen LogP contribution in [0, 0.1) is 46.3 Å². The first-order valence-electron chi connectivity index (χ1n) is 14.0. The summed E-state index contributed by atoms with van der Waals surface area (Å²) >= 11 is 0. The van der Waals surface area contributed by atoms with E-state index in [4.69, 9.17) is 9.47 Å². The van der Waals surface area contributed by atoms with Crippen molar-refractivity contribution in [3.05, 3.63) is 11.6 Å². The van der Waals surface area contributed by atoms with E-state index in [1.54, 1.807) is 5.57 Å². The molecule has 3 unspecified atom stereocenters. The van der Waals surface area contributed by atoms with Gasteiger partial charge in [-0.1, -0.05) is 39.3 Å². The number of likely N-dealkylation sites (tertiary alicyclic amines) is 1. The highest BCUT2D eigenvalue weighted by Gasteiger charge is 2.69. The number of piperidine rings is 1. The molecule has 1 spiro atoms. The molecule has 2 aliphatic heterocycles. The molecule has 1 amide bonds. The van der Waals surface area contributed by atoms with Crippen LogP contribution in [0.25, 0.3) is 0 Å². The van der Waals surface area contributed by atoms with Gasteiger partial charge in [0.25, 0.3) is 6.47 Å². The molecular formula is C29H43NO4. The summed E-state index contributed by atoms with van der Waals surface area (Å²) in [5.41, 5.74) is 1.73. The maximum Gasteiger partial charge on any atom is 0.293 e. The molecule has 0 aromatic heterocycles. The van der Waals surface area contributed by atoms with Crippen LogP contribution < -0.4 is 0 Å². The molecule has 6 aliphatic rings. The molecule has 0 radical (unpaired) electrons. The Balaban J connectivity index is 1.27. The Kier molecular flexibility index (Phi) is 5.30. The van der Waals surface area contributed by atoms with E-state index in [0.717, 1.165) is 63.3 Å². The van der Waals surface area contributed by atoms with Gasteiger partial charge in [0.15, 0.2) is 0 Å². The second-order valence-corrected chi connectivity index (χ2v) is 13.4. The zero-order chi connectivity index (χ0) is 23.9. The highest BCUT2D eigenvalue weighted by atomic mass is 16.5. The molecule has 5 heteroatoms. The van der Waals surface area contributed by atoms with Gasteiger partial charge in [0.1, 0.15) is 11.8 Å². The van der Waals surface area contributed by atoms with Crippen LogP contribution in [-0.2, 0) is 19.1 Å². The molecule has 0 N–H and O–H groups in total. The van der Waals surface area contributed by atoms with E-state index in [0.29, 0.717) is 35.6 Å². The Morgan fingerprint density at radius 3 is 2.68 bits per heavy atom. The fourth-order valence-corrected chi connectivity index (χ4v) is 10.4. The molecule has 0 bridgehead atoms. The summed E-state index contributed by atoms with van der Waals surface area (Å²) in [6, 6.07) is 0. The average molecular weight is 470 g/mol. The Labute approximate surface area is 205 Å². The number of hydrogen-bond donors (Lipinski definition) is 0. The van der Waals surface area contributed by atoms with Crippen LogP contribution in [0.2, 0.25) is 0 Å². The summed E-state index contributed by atoms with van der Waals surface area (Å²) < 4.78 is 12.4. The number of carbonyl (C=O) groups is 2. The summed E-state index contributed by atoms with van der Waals surface area (Å²) in [7, 11) is 0. The van der Waals surface area contributed by atoms with Crippen LogP contribution in [0.4, 0.5) is 0 Å². The van der Waals surface area contributed by atoms with Gasteiger partial charge in [0.05, 0.1) is 6.10 Å². The Hall–Kier alpha value is -1.36. The van der Waals surface area contributed by atoms with E-state index in [1.807, 2.05) is 4.90 Å². The molecular weight excluding hydrogens is 426 g/mol. The van der Waals surface area contributed by atoms with Crippen molar-refractivity contribution in [2.75, 3.05) is 6.54 Å². The van der Waals surface area contributed by atoms with Crippen molar-refractivity contribution in [3.8, 4) is 0 Å². The van der Waals surface area contributed by atoms with Gasteiger partial charge in [-0.25, -0.2) is 0 Å². The molecule has 0 aromatic carbocycles. The van der Waals surface area contributed by atoms with Crippen LogP contribution in [0.15, 0.2) is 11.6 Å². The summed E-state index contributed by atoms with van der Waals surface area (Å²) in [5.74, 6) is 3.65. The zero-order valence-corrected chi connectivity index (χ0v) is 21.5. The summed E-state index contributed by atoms with van der Waals surface area (Å²) in [6.07, 6.45) is 14.0. The maximum absolute atomic E-state index is 12.1. The topological polar surface area (TPSA) is 55.8 Å². The number of fused-ring (bicyclic) bond motifs is 7. The predicted molar refractivity (Wildman–Crippen MR) is 129 cm³/mol. The molecule has 3 saturated carbocycles. The number of carbonyl (C=O) groups excluding carboxylic acids is 2. The van der Waals surface area contributed by atoms with Crippen molar-refractivity contribution in [1.82, 2.24) is 4.90 Å². The number of ether oxygens (including phenoxy) is 2. The van der Waals surface area contributed by atoms with Crippen molar-refractivity contribution in [3.63, 3.8) is 0 Å². The Morgan fingerprint density at radius 2 is 1.91 bits per heavy atom. The number of nitrogens with zero attached hydrogens (tertiary/aromatic N) is 1. The van der Waals surface area contributed by atoms with Crippen LogP contribution in [0.5, 0.6) is 0 Å². The van der Waals surface area contributed by atoms with Gasteiger partial charge in [-0.2, -0.15) is 0 Å². The minimum atomic E-state index is -0.378. The summed E-state index contributed by atoms with van der Waals surface area (Å²) in [6.45, 7) is 11.2. The third-order valence-electron chi connectivity index (χ3n) is 12.1. The van der Waals surface area contributed by atoms with Gasteiger partial charge in [-0.05, 0) is 91.8 Å². The van der Waals surface area contributed by atoms with E-state index in [-0.39, 0.29) is 23.3 Å². The highest BCUT2D eigenvalue weighted by Crippen LogP contribution is 2.70. The largest absolute Gasteiger partial charge is 0.464 e. The minimum absolute atomic E-state index is 0.0671. The smallest absolute Gasteiger partial charge is 0.293 e. The third-order valence-corrected chi connectivity index (χ3v) is 12.1. The lowest BCUT2D eigenvalue weighted by atomic mass is 9.46. The first kappa shape index (κ1) is 23.1. The van der Waals surface area contributed by atoms with Crippen molar-refractivity contribution in [2.24, 2.45) is 46.3 Å². The van der Waals surface area contributed by atoms with E-state index < -0.39 is 0 Å². The SMILES string of the molecule is CC1CCC2(O[C@H]3C[C@H]4[C@@H]5CC=C6CC(OC=O)CC[C@]6(C)[C@H]5CC[C@]4(C)[C@H]3[C@@H]2C)N(C=O)C1. The van der Waals surface area contributed by atoms with Gasteiger partial charge >= 0.3 is 0 Å². The van der Waals surface area contributed by atoms with E-state index in [1.165, 1.54) is 19.3 Å². The molecule has 5 fully saturated rings. The predicted octanol–water partition coefficient (Wildman–Crippen LogP) is 5.34. The second-order valence-electron chi connectivity index (χ2n) is 13.4. The molecule has 2 saturated heterocycles. The van der Waals surface area contributed by atoms with Crippen molar-refractivity contribution in [2.45, 2.75) is 103 Å². The van der Waals surface area contributed by atoms with Gasteiger partial charge in [-0.3, -0.25) is 9.59 Å². The van der Waals surface area contributed by atoms with Crippen molar-refractivity contribution < 1.29 is 19.1 Å². The molecule has 188 valence electrons. The van der Waals surface area contributed by atoms with Gasteiger partial charge in [0.2, 0.25) is 6.41 Å². The van der Waals surface area contributed by atoms with E-state index in [2.05, 4.69) is 33.8 Å². The molecule has 4 aliphatic carbocycles. The quantitative estimate of drug-likeness (QED) is 0.414. The molecule has 0 aromatic rings. The average Bonchev–Trinajstić information content (AvgIpc) is 3.27. The number of hydrogen-bond acceptors (Lipinski definition) is 4. The fourth-order valence-electron chi connectivity index (χ4n) is 10.4. The normalized spacial score (nSPS) is 53.9. The molecule has 11 atom stereocenters. The monoisotopic (exact) mass is 469 g/mol. The van der Waals surface area contributed by atoms with E-state index >= 15 is 0 Å². The Morgan fingerprint density at radius 1 is 1.09 bits per heavy atom. The Bertz CT molecular complexity index is 887. The van der Waals surface area contributed by atoms with Crippen molar-refractivity contribution >= 4 is 12.9 Å². The number of amides is 1. The second kappa shape index (κ2) is 7.82. The molecule has 5 nitrogen and oxygen atoms in total. The van der Waals surface area contributed by atoms with Crippen LogP contribution in [0.1, 0.15) is 85.5 Å². The zero-order valence-electron chi connectivity index (χ0n) is 21.5. The molecule has 6 rings (SSSR count). The number of rotatable bonds is 3. The van der Waals surface area contributed by atoms with Crippen LogP contribution in [-0.4, -0.2) is 42.3 Å². The standard InChI is InChI=1S/C29H43NO4/c1-18-7-12-29(30(15-18)16-31)19(2)26-25(34-29)14-24-22-6-5-20-13-21(33-17-32)8-10-27(20,3)23(22)9-11-28(24,26)4/h5,16-19,21-26H,6-15H2,1-4H3/t18?,19-,21?,22+,23-,24-,25-,26-,27-,28-,29?/m0/s1. The minimum Gasteiger partial charge on any atom is -0.464 e. The first-order valence-corrected chi connectivity index (χ1v) is 14.0. The molecule has 34 heavy (non-hydrogen) atoms. The van der Waals surface area contributed by atoms with Crippen LogP contribution >= 0.6 is 0 Å². The number of allylic oxidation sites excluding steroid dienone is 1. The lowest BCUT2D eigenvalue weighted by molar-refractivity contribution is -0.192. The lowest BCUT2D eigenvalue weighted by Crippen LogP contribution is -2.58. The van der Waals surface area contributed by atoms with E-state index in [9.17, 15) is 9.59 Å². The van der Waals surface area contributed by atoms with Crippen LogP contribution in [0.3, 0.4) is 0 Å². The summed E-state index contributed by atoms with van der Waals surface area (Å²) in [4.78, 5) is 25.1. The fraction of sp³-hybridized carbons (Fsp3) is 0.862. The first-order chi connectivity index (χ1) is 16.3. The lowest BCUT2D eigenvalue weighted by Gasteiger charge is -2.59. The van der Waals surface area contributed by atoms with Gasteiger partial charge in [-0.15, -0.1) is 0 Å². The van der Waals surface area contributed by atoms with Gasteiger partial charge < -0.3 is 14.4 Å². The van der Waals surface area contributed by atoms with Crippen molar-refractivity contribution in [1.29, 1.82) is 0 Å². The maximum atomic E-state index is 12.1.